The van der Waals surface area contributed by atoms with Crippen LogP contribution in [0.15, 0.2) is 72.1 Å². The maximum absolute atomic E-state index is 12.3. The van der Waals surface area contributed by atoms with Crippen molar-refractivity contribution in [2.24, 2.45) is 0 Å². The van der Waals surface area contributed by atoms with E-state index in [4.69, 9.17) is 11.6 Å². The lowest BCUT2D eigenvalue weighted by molar-refractivity contribution is 0.385. The van der Waals surface area contributed by atoms with Crippen LogP contribution in [-0.2, 0) is 12.8 Å². The zero-order valence-electron chi connectivity index (χ0n) is 15.3. The van der Waals surface area contributed by atoms with Crippen molar-refractivity contribution in [3.8, 4) is 10.6 Å². The van der Waals surface area contributed by atoms with E-state index in [0.717, 1.165) is 27.7 Å². The molecule has 28 heavy (non-hydrogen) atoms. The third-order valence-electron chi connectivity index (χ3n) is 4.77. The quantitative estimate of drug-likeness (QED) is 0.342. The predicted molar refractivity (Wildman–Crippen MR) is 119 cm³/mol. The van der Waals surface area contributed by atoms with E-state index in [1.54, 1.807) is 11.3 Å². The topological polar surface area (TPSA) is 39.2 Å². The molecule has 0 aliphatic carbocycles. The van der Waals surface area contributed by atoms with E-state index in [2.05, 4.69) is 35.3 Å². The second kappa shape index (κ2) is 8.84. The van der Waals surface area contributed by atoms with Crippen LogP contribution in [0.2, 0.25) is 5.02 Å². The number of aromatic nitrogens is 1. The standard InChI is InChI=1S/C23H20ClN2OS/c24-20-10-8-19(9-11-20)23-25-21(16-28-23)13-15-26(27)14-12-18-6-3-5-17-4-1-2-7-22(17)18/h1-11,16H,12-15H2/q-1. The lowest BCUT2D eigenvalue weighted by Gasteiger charge is -2.27. The highest BCUT2D eigenvalue weighted by Gasteiger charge is 2.06. The molecule has 0 unspecified atom stereocenters. The molecule has 0 saturated carbocycles. The maximum atomic E-state index is 12.3. The van der Waals surface area contributed by atoms with Crippen LogP contribution in [0.4, 0.5) is 0 Å². The Morgan fingerprint density at radius 1 is 0.893 bits per heavy atom. The monoisotopic (exact) mass is 407 g/mol. The van der Waals surface area contributed by atoms with Crippen molar-refractivity contribution in [1.82, 2.24) is 10.0 Å². The number of rotatable bonds is 7. The van der Waals surface area contributed by atoms with Crippen molar-refractivity contribution < 1.29 is 0 Å². The summed E-state index contributed by atoms with van der Waals surface area (Å²) in [4.78, 5) is 4.65. The first kappa shape index (κ1) is 19.1. The minimum absolute atomic E-state index is 0.453. The summed E-state index contributed by atoms with van der Waals surface area (Å²) in [6.07, 6.45) is 1.40. The van der Waals surface area contributed by atoms with Crippen molar-refractivity contribution >= 4 is 33.7 Å². The van der Waals surface area contributed by atoms with Crippen molar-refractivity contribution in [2.45, 2.75) is 12.8 Å². The van der Waals surface area contributed by atoms with Crippen molar-refractivity contribution in [1.29, 1.82) is 0 Å². The number of halogens is 1. The fourth-order valence-corrected chi connectivity index (χ4v) is 4.24. The lowest BCUT2D eigenvalue weighted by atomic mass is 10.0. The average molecular weight is 408 g/mol. The van der Waals surface area contributed by atoms with Crippen molar-refractivity contribution in [2.75, 3.05) is 13.1 Å². The summed E-state index contributed by atoms with van der Waals surface area (Å²) in [6, 6.07) is 22.2. The normalized spacial score (nSPS) is 11.4. The summed E-state index contributed by atoms with van der Waals surface area (Å²) in [6.45, 7) is 0.941. The summed E-state index contributed by atoms with van der Waals surface area (Å²) < 4.78 is 0. The molecule has 142 valence electrons. The Kier molecular flexibility index (Phi) is 6.03. The number of hydroxylamine groups is 2. The minimum Gasteiger partial charge on any atom is -0.785 e. The molecule has 0 saturated heterocycles. The first-order valence-corrected chi connectivity index (χ1v) is 10.5. The van der Waals surface area contributed by atoms with Gasteiger partial charge in [0.1, 0.15) is 5.01 Å². The fourth-order valence-electron chi connectivity index (χ4n) is 3.25. The van der Waals surface area contributed by atoms with Gasteiger partial charge in [-0.05, 0) is 48.0 Å². The molecule has 0 radical (unpaired) electrons. The van der Waals surface area contributed by atoms with Crippen LogP contribution in [0.1, 0.15) is 11.3 Å². The second-order valence-electron chi connectivity index (χ2n) is 6.72. The van der Waals surface area contributed by atoms with Gasteiger partial charge in [-0.3, -0.25) is 0 Å². The highest BCUT2D eigenvalue weighted by Crippen LogP contribution is 2.25. The Morgan fingerprint density at radius 3 is 2.50 bits per heavy atom. The molecule has 1 aromatic heterocycles. The van der Waals surface area contributed by atoms with E-state index in [1.807, 2.05) is 41.8 Å². The molecule has 5 heteroatoms. The first-order chi connectivity index (χ1) is 13.7. The third-order valence-corrected chi connectivity index (χ3v) is 5.96. The van der Waals surface area contributed by atoms with Gasteiger partial charge in [0, 0.05) is 22.4 Å². The van der Waals surface area contributed by atoms with Gasteiger partial charge >= 0.3 is 0 Å². The van der Waals surface area contributed by atoms with E-state index >= 15 is 0 Å². The molecule has 0 spiro atoms. The molecule has 1 heterocycles. The Bertz CT molecular complexity index is 1060. The van der Waals surface area contributed by atoms with Gasteiger partial charge in [-0.25, -0.2) is 4.98 Å². The SMILES string of the molecule is [O-]N(CCc1csc(-c2ccc(Cl)cc2)n1)CCc1cccc2ccccc12. The molecule has 4 aromatic rings. The fraction of sp³-hybridized carbons (Fsp3) is 0.174. The van der Waals surface area contributed by atoms with Crippen LogP contribution >= 0.6 is 22.9 Å². The highest BCUT2D eigenvalue weighted by atomic mass is 35.5. The van der Waals surface area contributed by atoms with E-state index in [-0.39, 0.29) is 0 Å². The minimum atomic E-state index is 0.453. The molecule has 3 nitrogen and oxygen atoms in total. The molecule has 0 fully saturated rings. The van der Waals surface area contributed by atoms with Crippen LogP contribution < -0.4 is 0 Å². The smallest absolute Gasteiger partial charge is 0.123 e. The summed E-state index contributed by atoms with van der Waals surface area (Å²) in [7, 11) is 0. The van der Waals surface area contributed by atoms with Gasteiger partial charge < -0.3 is 10.3 Å². The molecule has 0 aliphatic heterocycles. The molecule has 4 rings (SSSR count). The number of fused-ring (bicyclic) bond motifs is 1. The molecule has 0 aliphatic rings. The summed E-state index contributed by atoms with van der Waals surface area (Å²) in [5.74, 6) is 0. The number of hydrogen-bond acceptors (Lipinski definition) is 4. The van der Waals surface area contributed by atoms with Crippen LogP contribution in [0.5, 0.6) is 0 Å². The van der Waals surface area contributed by atoms with E-state index in [1.165, 1.54) is 16.3 Å². The largest absolute Gasteiger partial charge is 0.785 e. The number of nitrogens with zero attached hydrogens (tertiary/aromatic N) is 2. The van der Waals surface area contributed by atoms with Crippen LogP contribution in [0.3, 0.4) is 0 Å². The van der Waals surface area contributed by atoms with Gasteiger partial charge in [0.25, 0.3) is 0 Å². The molecule has 0 amide bonds. The molecular formula is C23H20ClN2OS-. The zero-order valence-corrected chi connectivity index (χ0v) is 16.9. The molecule has 0 atom stereocenters. The van der Waals surface area contributed by atoms with Gasteiger partial charge in [0.15, 0.2) is 0 Å². The number of benzene rings is 3. The van der Waals surface area contributed by atoms with Crippen LogP contribution in [0, 0.1) is 5.21 Å². The van der Waals surface area contributed by atoms with Gasteiger partial charge in [-0.2, -0.15) is 0 Å². The predicted octanol–water partition coefficient (Wildman–Crippen LogP) is 6.20. The Labute approximate surface area is 173 Å². The van der Waals surface area contributed by atoms with Gasteiger partial charge in [-0.15, -0.1) is 11.3 Å². The van der Waals surface area contributed by atoms with Crippen LogP contribution in [-0.4, -0.2) is 23.1 Å². The van der Waals surface area contributed by atoms with Crippen molar-refractivity contribution in [3.63, 3.8) is 0 Å². The summed E-state index contributed by atoms with van der Waals surface area (Å²) in [5.41, 5.74) is 3.23. The number of thiazole rings is 1. The summed E-state index contributed by atoms with van der Waals surface area (Å²) in [5, 5.41) is 19.6. The molecule has 0 bridgehead atoms. The Balaban J connectivity index is 1.32. The van der Waals surface area contributed by atoms with Gasteiger partial charge in [0.2, 0.25) is 0 Å². The highest BCUT2D eigenvalue weighted by molar-refractivity contribution is 7.13. The zero-order chi connectivity index (χ0) is 19.3. The van der Waals surface area contributed by atoms with Gasteiger partial charge in [0.05, 0.1) is 5.69 Å². The Morgan fingerprint density at radius 2 is 1.64 bits per heavy atom. The molecular weight excluding hydrogens is 388 g/mol. The average Bonchev–Trinajstić information content (AvgIpc) is 3.20. The Hall–Kier alpha value is -2.24. The van der Waals surface area contributed by atoms with E-state index in [9.17, 15) is 5.21 Å². The van der Waals surface area contributed by atoms with E-state index in [0.29, 0.717) is 24.5 Å². The summed E-state index contributed by atoms with van der Waals surface area (Å²) >= 11 is 7.53. The van der Waals surface area contributed by atoms with E-state index < -0.39 is 0 Å². The molecule has 3 aromatic carbocycles. The first-order valence-electron chi connectivity index (χ1n) is 9.28. The lowest BCUT2D eigenvalue weighted by Crippen LogP contribution is -2.22. The van der Waals surface area contributed by atoms with Crippen LogP contribution in [0.25, 0.3) is 21.3 Å². The second-order valence-corrected chi connectivity index (χ2v) is 8.01. The number of hydrogen-bond donors (Lipinski definition) is 0. The van der Waals surface area contributed by atoms with Crippen molar-refractivity contribution in [3.05, 3.63) is 93.6 Å². The molecule has 0 N–H and O–H groups in total. The third kappa shape index (κ3) is 4.59. The van der Waals surface area contributed by atoms with Gasteiger partial charge in [-0.1, -0.05) is 66.2 Å². The maximum Gasteiger partial charge on any atom is 0.123 e.